The van der Waals surface area contributed by atoms with Gasteiger partial charge in [0, 0.05) is 11.6 Å². The Bertz CT molecular complexity index is 547. The Morgan fingerprint density at radius 1 is 1.19 bits per heavy atom. The maximum absolute atomic E-state index is 10.5. The molecule has 0 unspecified atom stereocenters. The molecule has 0 N–H and O–H groups in total. The molecule has 2 aromatic rings. The first-order valence-corrected chi connectivity index (χ1v) is 4.69. The number of aromatic nitrogens is 1. The molecular weight excluding hydrogens is 210 g/mol. The first kappa shape index (κ1) is 8.96. The highest BCUT2D eigenvalue weighted by Gasteiger charge is 2.15. The van der Waals surface area contributed by atoms with Crippen molar-refractivity contribution in [2.45, 2.75) is 0 Å². The van der Waals surface area contributed by atoms with Gasteiger partial charge < -0.3 is 14.0 Å². The number of hydrogen-bond donors (Lipinski definition) is 0. The highest BCUT2D eigenvalue weighted by atomic mass is 16.7. The van der Waals surface area contributed by atoms with E-state index in [1.807, 2.05) is 6.07 Å². The summed E-state index contributed by atoms with van der Waals surface area (Å²) in [7, 11) is 0. The maximum Gasteiger partial charge on any atom is 0.231 e. The van der Waals surface area contributed by atoms with E-state index in [2.05, 4.69) is 5.16 Å². The fraction of sp³-hybridized carbons (Fsp3) is 0.0909. The third-order valence-corrected chi connectivity index (χ3v) is 2.31. The second-order valence-corrected chi connectivity index (χ2v) is 3.30. The number of carbonyl (C=O) groups is 1. The number of carbonyl (C=O) groups excluding carboxylic acids is 1. The van der Waals surface area contributed by atoms with E-state index in [9.17, 15) is 4.79 Å². The summed E-state index contributed by atoms with van der Waals surface area (Å²) >= 11 is 0. The fourth-order valence-electron chi connectivity index (χ4n) is 1.54. The summed E-state index contributed by atoms with van der Waals surface area (Å²) in [6.07, 6.45) is 0.615. The molecule has 1 aromatic heterocycles. The van der Waals surface area contributed by atoms with Crippen molar-refractivity contribution in [3.05, 3.63) is 30.0 Å². The van der Waals surface area contributed by atoms with Gasteiger partial charge in [-0.05, 0) is 18.2 Å². The molecule has 0 saturated carbocycles. The monoisotopic (exact) mass is 217 g/mol. The molecule has 1 aliphatic heterocycles. The number of fused-ring (bicyclic) bond motifs is 1. The van der Waals surface area contributed by atoms with Gasteiger partial charge in [0.25, 0.3) is 0 Å². The number of rotatable bonds is 2. The standard InChI is InChI=1S/C11H7NO4/c13-5-8-4-9(12-16-8)7-1-2-10-11(3-7)15-6-14-10/h1-5H,6H2. The van der Waals surface area contributed by atoms with Gasteiger partial charge in [-0.3, -0.25) is 4.79 Å². The van der Waals surface area contributed by atoms with Gasteiger partial charge in [-0.25, -0.2) is 0 Å². The Labute approximate surface area is 90.6 Å². The lowest BCUT2D eigenvalue weighted by atomic mass is 10.1. The molecule has 0 atom stereocenters. The lowest BCUT2D eigenvalue weighted by Crippen LogP contribution is -1.92. The van der Waals surface area contributed by atoms with E-state index in [4.69, 9.17) is 14.0 Å². The summed E-state index contributed by atoms with van der Waals surface area (Å²) in [4.78, 5) is 10.5. The SMILES string of the molecule is O=Cc1cc(-c2ccc3c(c2)OCO3)no1. The predicted molar refractivity (Wildman–Crippen MR) is 53.4 cm³/mol. The van der Waals surface area contributed by atoms with Gasteiger partial charge in [0.15, 0.2) is 23.5 Å². The van der Waals surface area contributed by atoms with Crippen molar-refractivity contribution in [1.82, 2.24) is 5.16 Å². The van der Waals surface area contributed by atoms with E-state index in [1.54, 1.807) is 18.2 Å². The van der Waals surface area contributed by atoms with Crippen LogP contribution in [0.1, 0.15) is 10.6 Å². The van der Waals surface area contributed by atoms with Crippen molar-refractivity contribution in [3.8, 4) is 22.8 Å². The molecule has 0 fully saturated rings. The summed E-state index contributed by atoms with van der Waals surface area (Å²) in [6.45, 7) is 0.233. The molecular formula is C11H7NO4. The summed E-state index contributed by atoms with van der Waals surface area (Å²) in [5.41, 5.74) is 1.42. The maximum atomic E-state index is 10.5. The largest absolute Gasteiger partial charge is 0.454 e. The first-order valence-electron chi connectivity index (χ1n) is 4.69. The summed E-state index contributed by atoms with van der Waals surface area (Å²) in [5, 5.41) is 3.78. The van der Waals surface area contributed by atoms with Crippen molar-refractivity contribution in [3.63, 3.8) is 0 Å². The van der Waals surface area contributed by atoms with Crippen molar-refractivity contribution in [1.29, 1.82) is 0 Å². The van der Waals surface area contributed by atoms with Crippen LogP contribution < -0.4 is 9.47 Å². The Kier molecular flexibility index (Phi) is 1.89. The molecule has 80 valence electrons. The van der Waals surface area contributed by atoms with Gasteiger partial charge in [0.2, 0.25) is 6.79 Å². The quantitative estimate of drug-likeness (QED) is 0.718. The zero-order chi connectivity index (χ0) is 11.0. The predicted octanol–water partition coefficient (Wildman–Crippen LogP) is 1.88. The second kappa shape index (κ2) is 3.37. The van der Waals surface area contributed by atoms with E-state index < -0.39 is 0 Å². The minimum atomic E-state index is 0.202. The van der Waals surface area contributed by atoms with Crippen LogP contribution in [0.15, 0.2) is 28.8 Å². The minimum Gasteiger partial charge on any atom is -0.454 e. The average molecular weight is 217 g/mol. The smallest absolute Gasteiger partial charge is 0.231 e. The van der Waals surface area contributed by atoms with E-state index in [0.29, 0.717) is 23.5 Å². The molecule has 1 aliphatic rings. The Hall–Kier alpha value is -2.30. The Balaban J connectivity index is 2.03. The topological polar surface area (TPSA) is 61.6 Å². The normalized spacial score (nSPS) is 12.8. The molecule has 3 rings (SSSR count). The van der Waals surface area contributed by atoms with Gasteiger partial charge in [-0.1, -0.05) is 5.16 Å². The summed E-state index contributed by atoms with van der Waals surface area (Å²) in [5.74, 6) is 1.59. The van der Waals surface area contributed by atoms with E-state index in [0.717, 1.165) is 5.56 Å². The van der Waals surface area contributed by atoms with E-state index in [-0.39, 0.29) is 12.6 Å². The van der Waals surface area contributed by atoms with Gasteiger partial charge in [-0.15, -0.1) is 0 Å². The Morgan fingerprint density at radius 2 is 2.06 bits per heavy atom. The molecule has 0 radical (unpaired) electrons. The molecule has 16 heavy (non-hydrogen) atoms. The zero-order valence-electron chi connectivity index (χ0n) is 8.17. The fourth-order valence-corrected chi connectivity index (χ4v) is 1.54. The Morgan fingerprint density at radius 3 is 2.88 bits per heavy atom. The van der Waals surface area contributed by atoms with Crippen molar-refractivity contribution in [2.75, 3.05) is 6.79 Å². The number of benzene rings is 1. The van der Waals surface area contributed by atoms with Crippen molar-refractivity contribution in [2.24, 2.45) is 0 Å². The molecule has 5 nitrogen and oxygen atoms in total. The first-order chi connectivity index (χ1) is 7.86. The lowest BCUT2D eigenvalue weighted by molar-refractivity contribution is 0.109. The minimum absolute atomic E-state index is 0.202. The van der Waals surface area contributed by atoms with E-state index >= 15 is 0 Å². The van der Waals surface area contributed by atoms with Crippen LogP contribution in [0.25, 0.3) is 11.3 Å². The molecule has 1 aromatic carbocycles. The molecule has 5 heteroatoms. The van der Waals surface area contributed by atoms with Gasteiger partial charge in [0.05, 0.1) is 0 Å². The molecule has 0 spiro atoms. The third kappa shape index (κ3) is 1.33. The van der Waals surface area contributed by atoms with Crippen LogP contribution >= 0.6 is 0 Å². The highest BCUT2D eigenvalue weighted by molar-refractivity contribution is 5.74. The molecule has 2 heterocycles. The van der Waals surface area contributed by atoms with Crippen LogP contribution in [0.3, 0.4) is 0 Å². The summed E-state index contributed by atoms with van der Waals surface area (Å²) < 4.78 is 15.2. The summed E-state index contributed by atoms with van der Waals surface area (Å²) in [6, 6.07) is 7.01. The van der Waals surface area contributed by atoms with Crippen LogP contribution in [0, 0.1) is 0 Å². The number of nitrogens with zero attached hydrogens (tertiary/aromatic N) is 1. The molecule has 0 bridgehead atoms. The lowest BCUT2D eigenvalue weighted by Gasteiger charge is -1.98. The zero-order valence-corrected chi connectivity index (χ0v) is 8.17. The van der Waals surface area contributed by atoms with Crippen LogP contribution in [0.2, 0.25) is 0 Å². The van der Waals surface area contributed by atoms with Crippen LogP contribution in [0.4, 0.5) is 0 Å². The molecule has 0 saturated heterocycles. The van der Waals surface area contributed by atoms with Crippen LogP contribution in [-0.4, -0.2) is 18.2 Å². The van der Waals surface area contributed by atoms with Gasteiger partial charge in [-0.2, -0.15) is 0 Å². The van der Waals surface area contributed by atoms with Gasteiger partial charge >= 0.3 is 0 Å². The highest BCUT2D eigenvalue weighted by Crippen LogP contribution is 2.35. The van der Waals surface area contributed by atoms with Crippen molar-refractivity contribution >= 4 is 6.29 Å². The number of ether oxygens (including phenoxy) is 2. The van der Waals surface area contributed by atoms with Crippen molar-refractivity contribution < 1.29 is 18.8 Å². The number of aldehydes is 1. The molecule has 0 amide bonds. The van der Waals surface area contributed by atoms with E-state index in [1.165, 1.54) is 0 Å². The second-order valence-electron chi connectivity index (χ2n) is 3.30. The average Bonchev–Trinajstić information content (AvgIpc) is 2.96. The van der Waals surface area contributed by atoms with Crippen LogP contribution in [-0.2, 0) is 0 Å². The molecule has 0 aliphatic carbocycles. The van der Waals surface area contributed by atoms with Crippen LogP contribution in [0.5, 0.6) is 11.5 Å². The van der Waals surface area contributed by atoms with Gasteiger partial charge in [0.1, 0.15) is 5.69 Å². The third-order valence-electron chi connectivity index (χ3n) is 2.31. The number of hydrogen-bond acceptors (Lipinski definition) is 5.